The smallest absolute Gasteiger partial charge is 0.0925 e. The quantitative estimate of drug-likeness (QED) is 0.589. The molecule has 0 spiro atoms. The van der Waals surface area contributed by atoms with Gasteiger partial charge in [0, 0.05) is 12.1 Å². The second-order valence-electron chi connectivity index (χ2n) is 2.10. The lowest BCUT2D eigenvalue weighted by Crippen LogP contribution is -2.04. The molecule has 0 saturated carbocycles. The summed E-state index contributed by atoms with van der Waals surface area (Å²) in [5.41, 5.74) is 2.10. The standard InChI is InChI=1S/C6H11N3O/c1-5-6(2-3-10-7)9-4-8-5/h4H,2-3,7H2,1H3,(H,8,9). The lowest BCUT2D eigenvalue weighted by atomic mass is 10.3. The van der Waals surface area contributed by atoms with Gasteiger partial charge in [-0.1, -0.05) is 0 Å². The lowest BCUT2D eigenvalue weighted by Gasteiger charge is -1.94. The molecule has 0 saturated heterocycles. The Hall–Kier alpha value is -0.870. The van der Waals surface area contributed by atoms with E-state index in [0.29, 0.717) is 6.61 Å². The van der Waals surface area contributed by atoms with Crippen LogP contribution in [0.3, 0.4) is 0 Å². The van der Waals surface area contributed by atoms with Gasteiger partial charge >= 0.3 is 0 Å². The highest BCUT2D eigenvalue weighted by Gasteiger charge is 1.98. The average molecular weight is 141 g/mol. The van der Waals surface area contributed by atoms with Crippen LogP contribution < -0.4 is 5.90 Å². The molecule has 0 amide bonds. The first-order valence-electron chi connectivity index (χ1n) is 3.15. The first-order chi connectivity index (χ1) is 4.84. The van der Waals surface area contributed by atoms with E-state index in [4.69, 9.17) is 5.90 Å². The SMILES string of the molecule is Cc1[nH]cnc1CCON. The van der Waals surface area contributed by atoms with Gasteiger partial charge in [0.05, 0.1) is 18.6 Å². The number of aromatic amines is 1. The second-order valence-corrected chi connectivity index (χ2v) is 2.10. The van der Waals surface area contributed by atoms with Gasteiger partial charge in [0.25, 0.3) is 0 Å². The van der Waals surface area contributed by atoms with E-state index in [1.165, 1.54) is 0 Å². The van der Waals surface area contributed by atoms with Crippen LogP contribution in [0.1, 0.15) is 11.4 Å². The highest BCUT2D eigenvalue weighted by molar-refractivity contribution is 5.08. The average Bonchev–Trinajstić information content (AvgIpc) is 2.31. The van der Waals surface area contributed by atoms with Gasteiger partial charge in [0.15, 0.2) is 0 Å². The molecule has 0 aliphatic carbocycles. The lowest BCUT2D eigenvalue weighted by molar-refractivity contribution is 0.140. The van der Waals surface area contributed by atoms with Gasteiger partial charge in [0.2, 0.25) is 0 Å². The number of nitrogens with two attached hydrogens (primary N) is 1. The first-order valence-corrected chi connectivity index (χ1v) is 3.15. The molecular formula is C6H11N3O. The Morgan fingerprint density at radius 3 is 3.10 bits per heavy atom. The van der Waals surface area contributed by atoms with Gasteiger partial charge in [-0.05, 0) is 6.92 Å². The number of aromatic nitrogens is 2. The van der Waals surface area contributed by atoms with E-state index in [9.17, 15) is 0 Å². The summed E-state index contributed by atoms with van der Waals surface area (Å²) in [6.45, 7) is 2.49. The summed E-state index contributed by atoms with van der Waals surface area (Å²) in [5.74, 6) is 4.86. The van der Waals surface area contributed by atoms with Crippen molar-refractivity contribution >= 4 is 0 Å². The first kappa shape index (κ1) is 7.24. The molecule has 1 rings (SSSR count). The Kier molecular flexibility index (Phi) is 2.42. The molecule has 1 aromatic heterocycles. The van der Waals surface area contributed by atoms with Crippen LogP contribution in [-0.4, -0.2) is 16.6 Å². The minimum absolute atomic E-state index is 0.520. The molecule has 0 aliphatic rings. The van der Waals surface area contributed by atoms with E-state index in [2.05, 4.69) is 14.8 Å². The van der Waals surface area contributed by atoms with E-state index in [-0.39, 0.29) is 0 Å². The minimum Gasteiger partial charge on any atom is -0.348 e. The van der Waals surface area contributed by atoms with E-state index >= 15 is 0 Å². The zero-order valence-electron chi connectivity index (χ0n) is 5.92. The third-order valence-electron chi connectivity index (χ3n) is 1.39. The van der Waals surface area contributed by atoms with E-state index in [1.54, 1.807) is 6.33 Å². The van der Waals surface area contributed by atoms with Gasteiger partial charge < -0.3 is 9.82 Å². The Balaban J connectivity index is 2.49. The fourth-order valence-electron chi connectivity index (χ4n) is 0.795. The number of nitrogens with one attached hydrogen (secondary N) is 1. The van der Waals surface area contributed by atoms with Crippen LogP contribution in [0.15, 0.2) is 6.33 Å². The monoisotopic (exact) mass is 141 g/mol. The predicted molar refractivity (Wildman–Crippen MR) is 37.2 cm³/mol. The summed E-state index contributed by atoms with van der Waals surface area (Å²) in [6.07, 6.45) is 2.44. The molecule has 0 bridgehead atoms. The molecule has 0 unspecified atom stereocenters. The molecule has 0 fully saturated rings. The van der Waals surface area contributed by atoms with Crippen LogP contribution in [0.5, 0.6) is 0 Å². The summed E-state index contributed by atoms with van der Waals surface area (Å²) in [7, 11) is 0. The maximum absolute atomic E-state index is 4.86. The summed E-state index contributed by atoms with van der Waals surface area (Å²) in [5, 5.41) is 0. The summed E-state index contributed by atoms with van der Waals surface area (Å²) < 4.78 is 0. The Labute approximate surface area is 59.4 Å². The van der Waals surface area contributed by atoms with Crippen LogP contribution in [-0.2, 0) is 11.3 Å². The Bertz CT molecular complexity index is 197. The molecule has 4 heteroatoms. The maximum atomic E-state index is 4.86. The minimum atomic E-state index is 0.520. The van der Waals surface area contributed by atoms with Gasteiger partial charge in [-0.25, -0.2) is 10.9 Å². The van der Waals surface area contributed by atoms with Crippen LogP contribution in [0.25, 0.3) is 0 Å². The van der Waals surface area contributed by atoms with Crippen molar-refractivity contribution in [2.24, 2.45) is 5.90 Å². The van der Waals surface area contributed by atoms with Crippen LogP contribution >= 0.6 is 0 Å². The van der Waals surface area contributed by atoms with Crippen molar-refractivity contribution < 1.29 is 4.84 Å². The van der Waals surface area contributed by atoms with Crippen molar-refractivity contribution in [1.82, 2.24) is 9.97 Å². The number of nitrogens with zero attached hydrogens (tertiary/aromatic N) is 1. The molecule has 0 atom stereocenters. The van der Waals surface area contributed by atoms with Crippen molar-refractivity contribution in [1.29, 1.82) is 0 Å². The van der Waals surface area contributed by atoms with Crippen molar-refractivity contribution in [3.8, 4) is 0 Å². The zero-order chi connectivity index (χ0) is 7.40. The number of rotatable bonds is 3. The van der Waals surface area contributed by atoms with E-state index < -0.39 is 0 Å². The topological polar surface area (TPSA) is 63.9 Å². The van der Waals surface area contributed by atoms with Crippen molar-refractivity contribution in [3.63, 3.8) is 0 Å². The van der Waals surface area contributed by atoms with Crippen molar-refractivity contribution in [3.05, 3.63) is 17.7 Å². The number of imidazole rings is 1. The fourth-order valence-corrected chi connectivity index (χ4v) is 0.795. The summed E-state index contributed by atoms with van der Waals surface area (Å²) >= 11 is 0. The molecule has 10 heavy (non-hydrogen) atoms. The predicted octanol–water partition coefficient (Wildman–Crippen LogP) is 0.151. The molecule has 1 aromatic rings. The molecule has 0 aliphatic heterocycles. The third-order valence-corrected chi connectivity index (χ3v) is 1.39. The van der Waals surface area contributed by atoms with Gasteiger partial charge in [0.1, 0.15) is 0 Å². The highest BCUT2D eigenvalue weighted by Crippen LogP contribution is 2.00. The molecular weight excluding hydrogens is 130 g/mol. The largest absolute Gasteiger partial charge is 0.348 e. The van der Waals surface area contributed by atoms with E-state index in [0.717, 1.165) is 17.8 Å². The molecule has 4 nitrogen and oxygen atoms in total. The second kappa shape index (κ2) is 3.34. The number of aryl methyl sites for hydroxylation is 1. The number of H-pyrrole nitrogens is 1. The Morgan fingerprint density at radius 1 is 1.80 bits per heavy atom. The fraction of sp³-hybridized carbons (Fsp3) is 0.500. The van der Waals surface area contributed by atoms with Crippen LogP contribution in [0, 0.1) is 6.92 Å². The maximum Gasteiger partial charge on any atom is 0.0925 e. The number of hydrogen-bond donors (Lipinski definition) is 2. The number of hydrogen-bond acceptors (Lipinski definition) is 3. The van der Waals surface area contributed by atoms with Gasteiger partial charge in [-0.15, -0.1) is 0 Å². The molecule has 56 valence electrons. The van der Waals surface area contributed by atoms with Crippen molar-refractivity contribution in [2.75, 3.05) is 6.61 Å². The van der Waals surface area contributed by atoms with Crippen LogP contribution in [0.4, 0.5) is 0 Å². The molecule has 0 aromatic carbocycles. The molecule has 0 radical (unpaired) electrons. The van der Waals surface area contributed by atoms with Crippen LogP contribution in [0.2, 0.25) is 0 Å². The summed E-state index contributed by atoms with van der Waals surface area (Å²) in [6, 6.07) is 0. The highest BCUT2D eigenvalue weighted by atomic mass is 16.6. The normalized spacial score (nSPS) is 10.2. The zero-order valence-corrected chi connectivity index (χ0v) is 5.92. The molecule has 1 heterocycles. The van der Waals surface area contributed by atoms with Gasteiger partial charge in [-0.2, -0.15) is 0 Å². The summed E-state index contributed by atoms with van der Waals surface area (Å²) in [4.78, 5) is 11.4. The van der Waals surface area contributed by atoms with E-state index in [1.807, 2.05) is 6.92 Å². The Morgan fingerprint density at radius 2 is 2.60 bits per heavy atom. The van der Waals surface area contributed by atoms with Gasteiger partial charge in [-0.3, -0.25) is 0 Å². The van der Waals surface area contributed by atoms with Crippen molar-refractivity contribution in [2.45, 2.75) is 13.3 Å². The molecule has 3 N–H and O–H groups in total. The third kappa shape index (κ3) is 1.55.